The number of imidazole rings is 1. The van der Waals surface area contributed by atoms with E-state index in [1.807, 2.05) is 72.8 Å². The number of hydrogen-bond donors (Lipinski definition) is 0. The Morgan fingerprint density at radius 2 is 1.00 bits per heavy atom. The van der Waals surface area contributed by atoms with Crippen molar-refractivity contribution in [2.45, 2.75) is 0 Å². The zero-order chi connectivity index (χ0) is 25.8. The molecule has 5 nitrogen and oxygen atoms in total. The van der Waals surface area contributed by atoms with Gasteiger partial charge in [0.2, 0.25) is 0 Å². The Hall–Kier alpha value is -5.42. The van der Waals surface area contributed by atoms with E-state index in [0.717, 1.165) is 54.9 Å². The molecule has 0 spiro atoms. The Labute approximate surface area is 224 Å². The molecule has 0 bridgehead atoms. The maximum absolute atomic E-state index is 4.99. The van der Waals surface area contributed by atoms with Crippen LogP contribution in [0.1, 0.15) is 0 Å². The summed E-state index contributed by atoms with van der Waals surface area (Å²) in [5.41, 5.74) is 5.91. The summed E-state index contributed by atoms with van der Waals surface area (Å²) in [5, 5.41) is 4.58. The van der Waals surface area contributed by atoms with Crippen LogP contribution in [0.5, 0.6) is 0 Å². The molecule has 0 unspecified atom stereocenters. The van der Waals surface area contributed by atoms with Crippen molar-refractivity contribution in [1.29, 1.82) is 0 Å². The lowest BCUT2D eigenvalue weighted by Crippen LogP contribution is -2.00. The van der Waals surface area contributed by atoms with Crippen LogP contribution in [0.15, 0.2) is 128 Å². The predicted octanol–water partition coefficient (Wildman–Crippen LogP) is 7.98. The fourth-order valence-electron chi connectivity index (χ4n) is 5.42. The van der Waals surface area contributed by atoms with Gasteiger partial charge in [-0.25, -0.2) is 19.9 Å². The average Bonchev–Trinajstić information content (AvgIpc) is 3.42. The Kier molecular flexibility index (Phi) is 4.76. The highest BCUT2D eigenvalue weighted by atomic mass is 15.0. The number of rotatable bonds is 3. The second-order valence-electron chi connectivity index (χ2n) is 9.58. The van der Waals surface area contributed by atoms with Crippen molar-refractivity contribution in [2.75, 3.05) is 0 Å². The van der Waals surface area contributed by atoms with Gasteiger partial charge in [0.15, 0.2) is 17.5 Å². The number of aromatic nitrogens is 5. The van der Waals surface area contributed by atoms with Crippen LogP contribution in [0.2, 0.25) is 0 Å². The standard InChI is InChI=1S/C34H21N5/c1-3-11-22(12-4-1)32-36-33(23-13-5-2-6-14-23)38-34(37-32)24-18-19-27-28(21-24)25-15-7-8-16-26(25)30-31(27)39-20-10-9-17-29(39)35-30/h1-21H. The molecule has 0 saturated carbocycles. The molecule has 0 aliphatic carbocycles. The maximum Gasteiger partial charge on any atom is 0.164 e. The van der Waals surface area contributed by atoms with E-state index in [9.17, 15) is 0 Å². The normalized spacial score (nSPS) is 11.6. The molecule has 8 rings (SSSR count). The van der Waals surface area contributed by atoms with E-state index in [1.165, 1.54) is 0 Å². The van der Waals surface area contributed by atoms with Gasteiger partial charge in [-0.15, -0.1) is 0 Å². The van der Waals surface area contributed by atoms with Crippen molar-refractivity contribution in [3.8, 4) is 34.2 Å². The lowest BCUT2D eigenvalue weighted by molar-refractivity contribution is 1.07. The van der Waals surface area contributed by atoms with Crippen LogP contribution >= 0.6 is 0 Å². The third kappa shape index (κ3) is 3.48. The molecule has 0 radical (unpaired) electrons. The zero-order valence-electron chi connectivity index (χ0n) is 20.9. The maximum atomic E-state index is 4.99. The Morgan fingerprint density at radius 1 is 0.410 bits per heavy atom. The van der Waals surface area contributed by atoms with Crippen molar-refractivity contribution in [1.82, 2.24) is 24.3 Å². The molecule has 0 aliphatic rings. The van der Waals surface area contributed by atoms with E-state index < -0.39 is 0 Å². The van der Waals surface area contributed by atoms with Gasteiger partial charge in [0.1, 0.15) is 5.65 Å². The third-order valence-corrected chi connectivity index (χ3v) is 7.23. The SMILES string of the molecule is c1ccc(-c2nc(-c3ccccc3)nc(-c3ccc4c(c3)c3ccccc3c3nc5ccccn5c43)n2)cc1. The van der Waals surface area contributed by atoms with Crippen LogP contribution in [-0.4, -0.2) is 24.3 Å². The van der Waals surface area contributed by atoms with E-state index in [-0.39, 0.29) is 0 Å². The molecule has 39 heavy (non-hydrogen) atoms. The summed E-state index contributed by atoms with van der Waals surface area (Å²) in [6, 6.07) is 41.2. The van der Waals surface area contributed by atoms with Gasteiger partial charge in [-0.1, -0.05) is 103 Å². The molecule has 0 saturated heterocycles. The number of hydrogen-bond acceptors (Lipinski definition) is 4. The topological polar surface area (TPSA) is 56.0 Å². The summed E-state index contributed by atoms with van der Waals surface area (Å²) in [7, 11) is 0. The smallest absolute Gasteiger partial charge is 0.164 e. The fraction of sp³-hybridized carbons (Fsp3) is 0. The molecule has 0 aliphatic heterocycles. The number of nitrogens with zero attached hydrogens (tertiary/aromatic N) is 5. The number of pyridine rings is 1. The Bertz CT molecular complexity index is 2110. The molecule has 0 atom stereocenters. The largest absolute Gasteiger partial charge is 0.299 e. The lowest BCUT2D eigenvalue weighted by Gasteiger charge is -2.11. The van der Waals surface area contributed by atoms with Crippen molar-refractivity contribution in [2.24, 2.45) is 0 Å². The van der Waals surface area contributed by atoms with Crippen LogP contribution < -0.4 is 0 Å². The van der Waals surface area contributed by atoms with Crippen molar-refractivity contribution in [3.63, 3.8) is 0 Å². The van der Waals surface area contributed by atoms with E-state index in [4.69, 9.17) is 19.9 Å². The van der Waals surface area contributed by atoms with E-state index >= 15 is 0 Å². The van der Waals surface area contributed by atoms with Gasteiger partial charge in [0.25, 0.3) is 0 Å². The first-order valence-electron chi connectivity index (χ1n) is 12.9. The highest BCUT2D eigenvalue weighted by Crippen LogP contribution is 2.37. The molecule has 0 amide bonds. The van der Waals surface area contributed by atoms with Crippen LogP contribution in [0.4, 0.5) is 0 Å². The molecular formula is C34H21N5. The fourth-order valence-corrected chi connectivity index (χ4v) is 5.42. The van der Waals surface area contributed by atoms with Gasteiger partial charge >= 0.3 is 0 Å². The summed E-state index contributed by atoms with van der Waals surface area (Å²) < 4.78 is 2.17. The van der Waals surface area contributed by atoms with Crippen molar-refractivity contribution >= 4 is 38.2 Å². The minimum atomic E-state index is 0.645. The summed E-state index contributed by atoms with van der Waals surface area (Å²) in [4.78, 5) is 19.7. The quantitative estimate of drug-likeness (QED) is 0.231. The van der Waals surface area contributed by atoms with Crippen LogP contribution in [0.25, 0.3) is 72.4 Å². The first-order chi connectivity index (χ1) is 19.3. The summed E-state index contributed by atoms with van der Waals surface area (Å²) >= 11 is 0. The molecule has 3 heterocycles. The molecule has 8 aromatic rings. The summed E-state index contributed by atoms with van der Waals surface area (Å²) in [6.07, 6.45) is 2.08. The number of fused-ring (bicyclic) bond motifs is 8. The van der Waals surface area contributed by atoms with Gasteiger partial charge in [0.05, 0.1) is 11.0 Å². The molecule has 182 valence electrons. The first kappa shape index (κ1) is 21.6. The highest BCUT2D eigenvalue weighted by molar-refractivity contribution is 6.24. The Morgan fingerprint density at radius 3 is 1.69 bits per heavy atom. The molecule has 5 heteroatoms. The second kappa shape index (κ2) is 8.57. The minimum absolute atomic E-state index is 0.645. The van der Waals surface area contributed by atoms with Gasteiger partial charge in [-0.3, -0.25) is 4.40 Å². The van der Waals surface area contributed by atoms with Gasteiger partial charge < -0.3 is 0 Å². The summed E-state index contributed by atoms with van der Waals surface area (Å²) in [6.45, 7) is 0. The van der Waals surface area contributed by atoms with Gasteiger partial charge in [-0.2, -0.15) is 0 Å². The molecule has 0 N–H and O–H groups in total. The van der Waals surface area contributed by atoms with Crippen molar-refractivity contribution in [3.05, 3.63) is 128 Å². The van der Waals surface area contributed by atoms with E-state index in [2.05, 4.69) is 59.1 Å². The number of benzene rings is 5. The van der Waals surface area contributed by atoms with Crippen LogP contribution in [-0.2, 0) is 0 Å². The van der Waals surface area contributed by atoms with Crippen LogP contribution in [0, 0.1) is 0 Å². The predicted molar refractivity (Wildman–Crippen MR) is 157 cm³/mol. The molecule has 3 aromatic heterocycles. The molecular weight excluding hydrogens is 478 g/mol. The monoisotopic (exact) mass is 499 g/mol. The highest BCUT2D eigenvalue weighted by Gasteiger charge is 2.17. The lowest BCUT2D eigenvalue weighted by atomic mass is 9.98. The third-order valence-electron chi connectivity index (χ3n) is 7.23. The average molecular weight is 500 g/mol. The zero-order valence-corrected chi connectivity index (χ0v) is 20.9. The summed E-state index contributed by atoms with van der Waals surface area (Å²) in [5.74, 6) is 1.95. The minimum Gasteiger partial charge on any atom is -0.299 e. The Balaban J connectivity index is 1.42. The van der Waals surface area contributed by atoms with Crippen molar-refractivity contribution < 1.29 is 0 Å². The van der Waals surface area contributed by atoms with Gasteiger partial charge in [-0.05, 0) is 29.0 Å². The van der Waals surface area contributed by atoms with E-state index in [1.54, 1.807) is 0 Å². The first-order valence-corrected chi connectivity index (χ1v) is 12.9. The molecule has 0 fully saturated rings. The second-order valence-corrected chi connectivity index (χ2v) is 9.58. The van der Waals surface area contributed by atoms with E-state index in [0.29, 0.717) is 17.5 Å². The van der Waals surface area contributed by atoms with Gasteiger partial charge in [0, 0.05) is 33.7 Å². The molecule has 5 aromatic carbocycles. The van der Waals surface area contributed by atoms with Crippen LogP contribution in [0.3, 0.4) is 0 Å².